The normalized spacial score (nSPS) is 13.6. The summed E-state index contributed by atoms with van der Waals surface area (Å²) < 4.78 is 0. The number of terminal acetylenes is 1. The second-order valence-corrected chi connectivity index (χ2v) is 4.31. The average molecular weight is 245 g/mol. The molecule has 0 heterocycles. The minimum atomic E-state index is -0.806. The topological polar surface area (TPSA) is 49.3 Å². The predicted octanol–water partition coefficient (Wildman–Crippen LogP) is 2.38. The van der Waals surface area contributed by atoms with Crippen molar-refractivity contribution in [2.24, 2.45) is 0 Å². The third-order valence-corrected chi connectivity index (χ3v) is 3.01. The number of carbonyl (C=O) groups is 1. The highest BCUT2D eigenvalue weighted by atomic mass is 16.4. The quantitative estimate of drug-likeness (QED) is 0.756. The third-order valence-electron chi connectivity index (χ3n) is 3.01. The van der Waals surface area contributed by atoms with Crippen LogP contribution in [0.1, 0.15) is 37.3 Å². The van der Waals surface area contributed by atoms with Gasteiger partial charge < -0.3 is 5.11 Å². The molecule has 18 heavy (non-hydrogen) atoms. The number of carboxylic acid groups (broad SMARTS) is 1. The first-order valence-corrected chi connectivity index (χ1v) is 6.09. The molecule has 0 aliphatic carbocycles. The number of hydrogen-bond acceptors (Lipinski definition) is 2. The summed E-state index contributed by atoms with van der Waals surface area (Å²) >= 11 is 0. The first kappa shape index (κ1) is 14.3. The molecule has 3 nitrogen and oxygen atoms in total. The van der Waals surface area contributed by atoms with Crippen LogP contribution in [0.2, 0.25) is 0 Å². The van der Waals surface area contributed by atoms with Gasteiger partial charge in [0.25, 0.3) is 0 Å². The Morgan fingerprint density at radius 3 is 2.50 bits per heavy atom. The van der Waals surface area contributed by atoms with Gasteiger partial charge in [0.05, 0.1) is 12.0 Å². The second kappa shape index (κ2) is 6.83. The smallest absolute Gasteiger partial charge is 0.310 e. The summed E-state index contributed by atoms with van der Waals surface area (Å²) in [6, 6.07) is 7.66. The van der Waals surface area contributed by atoms with Gasteiger partial charge in [-0.1, -0.05) is 37.1 Å². The zero-order valence-electron chi connectivity index (χ0n) is 10.8. The summed E-state index contributed by atoms with van der Waals surface area (Å²) in [5, 5.41) is 12.2. The van der Waals surface area contributed by atoms with Crippen LogP contribution in [0.3, 0.4) is 0 Å². The van der Waals surface area contributed by atoms with Crippen molar-refractivity contribution < 1.29 is 9.90 Å². The fourth-order valence-electron chi connectivity index (χ4n) is 1.63. The Labute approximate surface area is 108 Å². The van der Waals surface area contributed by atoms with Crippen LogP contribution in [0.4, 0.5) is 0 Å². The van der Waals surface area contributed by atoms with Crippen molar-refractivity contribution in [3.8, 4) is 12.3 Å². The van der Waals surface area contributed by atoms with Crippen molar-refractivity contribution in [3.05, 3.63) is 35.4 Å². The zero-order valence-corrected chi connectivity index (χ0v) is 10.8. The fourth-order valence-corrected chi connectivity index (χ4v) is 1.63. The van der Waals surface area contributed by atoms with E-state index in [0.717, 1.165) is 17.5 Å². The maximum Gasteiger partial charge on any atom is 0.310 e. The van der Waals surface area contributed by atoms with Crippen molar-refractivity contribution >= 4 is 5.97 Å². The molecule has 2 unspecified atom stereocenters. The van der Waals surface area contributed by atoms with E-state index in [4.69, 9.17) is 11.5 Å². The van der Waals surface area contributed by atoms with Gasteiger partial charge in [0, 0.05) is 6.54 Å². The van der Waals surface area contributed by atoms with Crippen LogP contribution < -0.4 is 5.32 Å². The predicted molar refractivity (Wildman–Crippen MR) is 72.2 cm³/mol. The van der Waals surface area contributed by atoms with Crippen LogP contribution in [-0.2, 0) is 11.3 Å². The van der Waals surface area contributed by atoms with E-state index in [1.165, 1.54) is 0 Å². The molecule has 96 valence electrons. The molecule has 0 aliphatic rings. The van der Waals surface area contributed by atoms with Gasteiger partial charge >= 0.3 is 5.97 Å². The lowest BCUT2D eigenvalue weighted by Crippen LogP contribution is -2.26. The lowest BCUT2D eigenvalue weighted by Gasteiger charge is -2.11. The highest BCUT2D eigenvalue weighted by Gasteiger charge is 2.12. The van der Waals surface area contributed by atoms with Crippen LogP contribution in [0.15, 0.2) is 24.3 Å². The Morgan fingerprint density at radius 1 is 1.44 bits per heavy atom. The van der Waals surface area contributed by atoms with E-state index < -0.39 is 11.9 Å². The summed E-state index contributed by atoms with van der Waals surface area (Å²) in [6.07, 6.45) is 6.26. The van der Waals surface area contributed by atoms with E-state index in [2.05, 4.69) is 11.2 Å². The van der Waals surface area contributed by atoms with Crippen LogP contribution in [0, 0.1) is 12.3 Å². The number of rotatable bonds is 6. The highest BCUT2D eigenvalue weighted by molar-refractivity contribution is 5.75. The van der Waals surface area contributed by atoms with Crippen molar-refractivity contribution in [1.29, 1.82) is 0 Å². The molecule has 0 spiro atoms. The number of benzene rings is 1. The molecule has 0 aromatic heterocycles. The molecule has 0 bridgehead atoms. The highest BCUT2D eigenvalue weighted by Crippen LogP contribution is 2.16. The van der Waals surface area contributed by atoms with E-state index in [9.17, 15) is 4.79 Å². The molecular formula is C15H19NO2. The molecular weight excluding hydrogens is 226 g/mol. The fraction of sp³-hybridized carbons (Fsp3) is 0.400. The molecule has 2 N–H and O–H groups in total. The Bertz CT molecular complexity index is 431. The molecule has 1 aromatic carbocycles. The van der Waals surface area contributed by atoms with Crippen molar-refractivity contribution in [2.45, 2.75) is 38.8 Å². The summed E-state index contributed by atoms with van der Waals surface area (Å²) in [6.45, 7) is 4.42. The second-order valence-electron chi connectivity index (χ2n) is 4.31. The standard InChI is InChI=1S/C15H19NO2/c1-4-14(5-2)16-10-12-6-8-13(9-7-12)11(3)15(17)18/h1,6-9,11,14,16H,5,10H2,2-3H3,(H,17,18). The molecule has 0 saturated carbocycles. The number of carboxylic acids is 1. The van der Waals surface area contributed by atoms with Crippen LogP contribution >= 0.6 is 0 Å². The van der Waals surface area contributed by atoms with Gasteiger partial charge in [0.15, 0.2) is 0 Å². The first-order valence-electron chi connectivity index (χ1n) is 6.09. The van der Waals surface area contributed by atoms with Gasteiger partial charge in [-0.3, -0.25) is 10.1 Å². The SMILES string of the molecule is C#CC(CC)NCc1ccc(C(C)C(=O)O)cc1. The van der Waals surface area contributed by atoms with Gasteiger partial charge in [-0.25, -0.2) is 0 Å². The van der Waals surface area contributed by atoms with Crippen LogP contribution in [-0.4, -0.2) is 17.1 Å². The minimum Gasteiger partial charge on any atom is -0.481 e. The maximum atomic E-state index is 10.8. The molecule has 3 heteroatoms. The maximum absolute atomic E-state index is 10.8. The van der Waals surface area contributed by atoms with Gasteiger partial charge in [0.1, 0.15) is 0 Å². The van der Waals surface area contributed by atoms with Crippen molar-refractivity contribution in [2.75, 3.05) is 0 Å². The Hall–Kier alpha value is -1.79. The molecule has 1 aromatic rings. The molecule has 0 amide bonds. The van der Waals surface area contributed by atoms with E-state index >= 15 is 0 Å². The summed E-state index contributed by atoms with van der Waals surface area (Å²) in [4.78, 5) is 10.8. The molecule has 0 radical (unpaired) electrons. The molecule has 0 aliphatic heterocycles. The molecule has 1 rings (SSSR count). The van der Waals surface area contributed by atoms with Gasteiger partial charge in [-0.2, -0.15) is 0 Å². The van der Waals surface area contributed by atoms with E-state index in [-0.39, 0.29) is 6.04 Å². The van der Waals surface area contributed by atoms with Crippen LogP contribution in [0.5, 0.6) is 0 Å². The summed E-state index contributed by atoms with van der Waals surface area (Å²) in [7, 11) is 0. The van der Waals surface area contributed by atoms with Crippen LogP contribution in [0.25, 0.3) is 0 Å². The monoisotopic (exact) mass is 245 g/mol. The Morgan fingerprint density at radius 2 is 2.06 bits per heavy atom. The van der Waals surface area contributed by atoms with E-state index in [1.807, 2.05) is 31.2 Å². The number of hydrogen-bond donors (Lipinski definition) is 2. The average Bonchev–Trinajstić information content (AvgIpc) is 2.39. The van der Waals surface area contributed by atoms with Crippen molar-refractivity contribution in [3.63, 3.8) is 0 Å². The zero-order chi connectivity index (χ0) is 13.5. The lowest BCUT2D eigenvalue weighted by atomic mass is 10.00. The Balaban J connectivity index is 2.61. The van der Waals surface area contributed by atoms with Gasteiger partial charge in [-0.05, 0) is 24.5 Å². The molecule has 0 saturated heterocycles. The number of nitrogens with one attached hydrogen (secondary N) is 1. The van der Waals surface area contributed by atoms with E-state index in [1.54, 1.807) is 6.92 Å². The summed E-state index contributed by atoms with van der Waals surface area (Å²) in [5.74, 6) is 1.40. The Kier molecular flexibility index (Phi) is 5.41. The van der Waals surface area contributed by atoms with E-state index in [0.29, 0.717) is 6.54 Å². The largest absolute Gasteiger partial charge is 0.481 e. The molecule has 0 fully saturated rings. The summed E-state index contributed by atoms with van der Waals surface area (Å²) in [5.41, 5.74) is 1.92. The first-order chi connectivity index (χ1) is 8.58. The minimum absolute atomic E-state index is 0.0858. The lowest BCUT2D eigenvalue weighted by molar-refractivity contribution is -0.138. The number of aliphatic carboxylic acids is 1. The van der Waals surface area contributed by atoms with Gasteiger partial charge in [0.2, 0.25) is 0 Å². The third kappa shape index (κ3) is 3.90. The van der Waals surface area contributed by atoms with Gasteiger partial charge in [-0.15, -0.1) is 6.42 Å². The van der Waals surface area contributed by atoms with Crippen molar-refractivity contribution in [1.82, 2.24) is 5.32 Å². The molecule has 2 atom stereocenters.